The number of carbonyl (C=O) groups excluding carboxylic acids is 3. The van der Waals surface area contributed by atoms with E-state index in [0.29, 0.717) is 0 Å². The van der Waals surface area contributed by atoms with E-state index in [-0.39, 0.29) is 19.6 Å². The zero-order valence-electron chi connectivity index (χ0n) is 18.3. The Hall–Kier alpha value is -2.75. The fourth-order valence-corrected chi connectivity index (χ4v) is 3.06. The van der Waals surface area contributed by atoms with Gasteiger partial charge in [0, 0.05) is 6.54 Å². The maximum absolute atomic E-state index is 13.8. The SMILES string of the molecule is CC(C)[C@H](NC(=O)c1c(F)cccc1F)C(=O)NCC1(O)CN(C(=O)OC(C)(C)C)C1. The Morgan fingerprint density at radius 3 is 2.23 bits per heavy atom. The molecular formula is C21H29F2N3O5. The predicted octanol–water partition coefficient (Wildman–Crippen LogP) is 1.82. The van der Waals surface area contributed by atoms with E-state index in [9.17, 15) is 28.3 Å². The van der Waals surface area contributed by atoms with Crippen molar-refractivity contribution in [2.75, 3.05) is 19.6 Å². The molecule has 10 heteroatoms. The van der Waals surface area contributed by atoms with Gasteiger partial charge in [-0.2, -0.15) is 0 Å². The Morgan fingerprint density at radius 2 is 1.74 bits per heavy atom. The summed E-state index contributed by atoms with van der Waals surface area (Å²) in [5, 5.41) is 15.4. The molecule has 0 aromatic heterocycles. The summed E-state index contributed by atoms with van der Waals surface area (Å²) in [6.45, 7) is 8.27. The number of β-amino-alcohol motifs (C(OH)–C–C–N with tert-alkyl or cyclic N) is 1. The minimum atomic E-state index is -1.34. The number of nitrogens with one attached hydrogen (secondary N) is 2. The van der Waals surface area contributed by atoms with Gasteiger partial charge in [-0.3, -0.25) is 9.59 Å². The molecular weight excluding hydrogens is 412 g/mol. The van der Waals surface area contributed by atoms with E-state index < -0.39 is 58.3 Å². The molecule has 8 nitrogen and oxygen atoms in total. The summed E-state index contributed by atoms with van der Waals surface area (Å²) < 4.78 is 32.9. The predicted molar refractivity (Wildman–Crippen MR) is 108 cm³/mol. The number of hydrogen-bond acceptors (Lipinski definition) is 5. The minimum absolute atomic E-state index is 0.0265. The Morgan fingerprint density at radius 1 is 1.19 bits per heavy atom. The van der Waals surface area contributed by atoms with Gasteiger partial charge in [0.2, 0.25) is 5.91 Å². The van der Waals surface area contributed by atoms with Crippen LogP contribution in [0.4, 0.5) is 13.6 Å². The minimum Gasteiger partial charge on any atom is -0.444 e. The Kier molecular flexibility index (Phi) is 7.25. The maximum Gasteiger partial charge on any atom is 0.410 e. The number of benzene rings is 1. The maximum atomic E-state index is 13.8. The van der Waals surface area contributed by atoms with E-state index in [1.165, 1.54) is 4.90 Å². The first kappa shape index (κ1) is 24.5. The first-order valence-electron chi connectivity index (χ1n) is 9.95. The summed E-state index contributed by atoms with van der Waals surface area (Å²) in [5.41, 5.74) is -2.78. The van der Waals surface area contributed by atoms with Crippen molar-refractivity contribution < 1.29 is 33.0 Å². The molecule has 0 spiro atoms. The second-order valence-corrected chi connectivity index (χ2v) is 9.07. The number of amides is 3. The van der Waals surface area contributed by atoms with Crippen molar-refractivity contribution in [1.29, 1.82) is 0 Å². The number of halogens is 2. The van der Waals surface area contributed by atoms with Crippen LogP contribution in [0.1, 0.15) is 45.0 Å². The highest BCUT2D eigenvalue weighted by Crippen LogP contribution is 2.23. The topological polar surface area (TPSA) is 108 Å². The van der Waals surface area contributed by atoms with E-state index in [0.717, 1.165) is 18.2 Å². The molecule has 1 atom stereocenters. The number of rotatable bonds is 6. The molecule has 1 aromatic rings. The van der Waals surface area contributed by atoms with Crippen molar-refractivity contribution in [2.24, 2.45) is 5.92 Å². The van der Waals surface area contributed by atoms with Gasteiger partial charge in [0.15, 0.2) is 0 Å². The average Bonchev–Trinajstić information content (AvgIpc) is 2.60. The monoisotopic (exact) mass is 441 g/mol. The Labute approximate surface area is 179 Å². The van der Waals surface area contributed by atoms with E-state index in [2.05, 4.69) is 10.6 Å². The molecule has 0 unspecified atom stereocenters. The second-order valence-electron chi connectivity index (χ2n) is 9.07. The van der Waals surface area contributed by atoms with E-state index in [1.807, 2.05) is 0 Å². The quantitative estimate of drug-likeness (QED) is 0.624. The van der Waals surface area contributed by atoms with Crippen molar-refractivity contribution in [1.82, 2.24) is 15.5 Å². The molecule has 1 heterocycles. The van der Waals surface area contributed by atoms with Crippen LogP contribution in [0.25, 0.3) is 0 Å². The third-order valence-electron chi connectivity index (χ3n) is 4.64. The lowest BCUT2D eigenvalue weighted by Crippen LogP contribution is -2.68. The fraction of sp³-hybridized carbons (Fsp3) is 0.571. The first-order chi connectivity index (χ1) is 14.2. The fourth-order valence-electron chi connectivity index (χ4n) is 3.06. The van der Waals surface area contributed by atoms with Gasteiger partial charge in [-0.15, -0.1) is 0 Å². The van der Waals surface area contributed by atoms with Crippen LogP contribution in [0.5, 0.6) is 0 Å². The molecule has 3 amide bonds. The third-order valence-corrected chi connectivity index (χ3v) is 4.64. The Balaban J connectivity index is 1.93. The van der Waals surface area contributed by atoms with Crippen molar-refractivity contribution in [3.8, 4) is 0 Å². The molecule has 31 heavy (non-hydrogen) atoms. The summed E-state index contributed by atoms with van der Waals surface area (Å²) in [6.07, 6.45) is -0.567. The second kappa shape index (κ2) is 9.17. The van der Waals surface area contributed by atoms with Crippen LogP contribution in [0.15, 0.2) is 18.2 Å². The third kappa shape index (κ3) is 6.36. The van der Waals surface area contributed by atoms with Gasteiger partial charge in [-0.05, 0) is 38.8 Å². The highest BCUT2D eigenvalue weighted by molar-refractivity contribution is 5.98. The van der Waals surface area contributed by atoms with E-state index in [4.69, 9.17) is 4.74 Å². The van der Waals surface area contributed by atoms with Gasteiger partial charge in [-0.25, -0.2) is 13.6 Å². The Bertz CT molecular complexity index is 828. The van der Waals surface area contributed by atoms with Crippen LogP contribution < -0.4 is 10.6 Å². The van der Waals surface area contributed by atoms with Gasteiger partial charge < -0.3 is 25.4 Å². The molecule has 0 aliphatic carbocycles. The molecule has 0 bridgehead atoms. The molecule has 2 rings (SSSR count). The summed E-state index contributed by atoms with van der Waals surface area (Å²) >= 11 is 0. The van der Waals surface area contributed by atoms with Gasteiger partial charge in [-0.1, -0.05) is 19.9 Å². The zero-order chi connectivity index (χ0) is 23.6. The molecule has 1 saturated heterocycles. The number of ether oxygens (including phenoxy) is 1. The van der Waals surface area contributed by atoms with Crippen molar-refractivity contribution in [2.45, 2.75) is 51.9 Å². The van der Waals surface area contributed by atoms with Gasteiger partial charge in [0.05, 0.1) is 13.1 Å². The van der Waals surface area contributed by atoms with Crippen LogP contribution in [-0.2, 0) is 9.53 Å². The smallest absolute Gasteiger partial charge is 0.410 e. The average molecular weight is 441 g/mol. The lowest BCUT2D eigenvalue weighted by atomic mass is 9.94. The summed E-state index contributed by atoms with van der Waals surface area (Å²) in [7, 11) is 0. The van der Waals surface area contributed by atoms with Crippen LogP contribution in [0.3, 0.4) is 0 Å². The number of hydrogen-bond donors (Lipinski definition) is 3. The molecule has 1 fully saturated rings. The normalized spacial score (nSPS) is 16.4. The van der Waals surface area contributed by atoms with Crippen LogP contribution in [0, 0.1) is 17.6 Å². The lowest BCUT2D eigenvalue weighted by Gasteiger charge is -2.46. The standard InChI is InChI=1S/C21H29F2N3O5/c1-12(2)16(25-17(27)15-13(22)7-6-8-14(15)23)18(28)24-9-21(30)10-26(11-21)19(29)31-20(3,4)5/h6-8,12,16,30H,9-11H2,1-5H3,(H,24,28)(H,25,27)/t16-/m0/s1. The molecule has 1 aliphatic heterocycles. The zero-order valence-corrected chi connectivity index (χ0v) is 18.3. The summed E-state index contributed by atoms with van der Waals surface area (Å²) in [5.74, 6) is -4.14. The molecule has 3 N–H and O–H groups in total. The van der Waals surface area contributed by atoms with Crippen molar-refractivity contribution in [3.63, 3.8) is 0 Å². The number of carbonyl (C=O) groups is 3. The molecule has 0 saturated carbocycles. The van der Waals surface area contributed by atoms with Gasteiger partial charge in [0.25, 0.3) is 5.91 Å². The number of aliphatic hydroxyl groups is 1. The lowest BCUT2D eigenvalue weighted by molar-refractivity contribution is -0.129. The highest BCUT2D eigenvalue weighted by Gasteiger charge is 2.45. The van der Waals surface area contributed by atoms with Crippen molar-refractivity contribution in [3.05, 3.63) is 35.4 Å². The molecule has 1 aliphatic rings. The van der Waals surface area contributed by atoms with Gasteiger partial charge in [0.1, 0.15) is 34.4 Å². The highest BCUT2D eigenvalue weighted by atomic mass is 19.1. The van der Waals surface area contributed by atoms with Crippen LogP contribution in [-0.4, -0.2) is 64.8 Å². The molecule has 0 radical (unpaired) electrons. The molecule has 1 aromatic carbocycles. The van der Waals surface area contributed by atoms with E-state index >= 15 is 0 Å². The van der Waals surface area contributed by atoms with Crippen LogP contribution >= 0.6 is 0 Å². The van der Waals surface area contributed by atoms with E-state index in [1.54, 1.807) is 34.6 Å². The number of likely N-dealkylation sites (tertiary alicyclic amines) is 1. The van der Waals surface area contributed by atoms with Crippen molar-refractivity contribution >= 4 is 17.9 Å². The van der Waals surface area contributed by atoms with Crippen LogP contribution in [0.2, 0.25) is 0 Å². The summed E-state index contributed by atoms with van der Waals surface area (Å²) in [6, 6.07) is 1.95. The van der Waals surface area contributed by atoms with Gasteiger partial charge >= 0.3 is 6.09 Å². The molecule has 172 valence electrons. The largest absolute Gasteiger partial charge is 0.444 e. The number of nitrogens with zero attached hydrogens (tertiary/aromatic N) is 1. The first-order valence-corrected chi connectivity index (χ1v) is 9.95. The summed E-state index contributed by atoms with van der Waals surface area (Å²) in [4.78, 5) is 38.2.